The largest absolute Gasteiger partial charge is 0.490 e. The summed E-state index contributed by atoms with van der Waals surface area (Å²) in [6.45, 7) is -3.14. The monoisotopic (exact) mass is 556 g/mol. The average Bonchev–Trinajstić information content (AvgIpc) is 2.52. The van der Waals surface area contributed by atoms with Gasteiger partial charge in [0.25, 0.3) is 0 Å². The van der Waals surface area contributed by atoms with E-state index >= 15 is 0 Å². The van der Waals surface area contributed by atoms with Crippen LogP contribution in [-0.4, -0.2) is 58.8 Å². The minimum absolute atomic E-state index is 0.167. The van der Waals surface area contributed by atoms with Crippen molar-refractivity contribution in [2.75, 3.05) is 6.61 Å². The lowest BCUT2D eigenvalue weighted by atomic mass is 9.95. The van der Waals surface area contributed by atoms with E-state index in [4.69, 9.17) is 14.7 Å². The van der Waals surface area contributed by atoms with Gasteiger partial charge in [0.2, 0.25) is 5.67 Å². The van der Waals surface area contributed by atoms with Gasteiger partial charge in [0.05, 0.1) is 13.2 Å². The molecule has 0 spiro atoms. The standard InChI is InChI=1S/C10H15F4N2O12P3S/c11-9(10(12,13)14,5-16-3-1-7(32)15-8(16)18)6(17)2-4-26-30(22,23)28-31(24,25)27-29(19,20)21/h1,3,6,17H,2,4-5H2,(H,22,23)(H,24,25)(H,15,18,32)(H2,19,20,21)/t6-,9?/m0/s1. The van der Waals surface area contributed by atoms with Crippen LogP contribution in [0, 0.1) is 4.64 Å². The second kappa shape index (κ2) is 10.2. The topological polar surface area (TPSA) is 218 Å². The number of aliphatic hydroxyl groups excluding tert-OH is 1. The van der Waals surface area contributed by atoms with E-state index < -0.39 is 66.7 Å². The summed E-state index contributed by atoms with van der Waals surface area (Å²) in [5.41, 5.74) is -5.71. The number of rotatable bonds is 11. The van der Waals surface area contributed by atoms with E-state index in [2.05, 4.69) is 25.4 Å². The van der Waals surface area contributed by atoms with Gasteiger partial charge in [-0.3, -0.25) is 14.1 Å². The van der Waals surface area contributed by atoms with Crippen molar-refractivity contribution in [1.29, 1.82) is 0 Å². The Labute approximate surface area is 179 Å². The van der Waals surface area contributed by atoms with Gasteiger partial charge in [0, 0.05) is 12.6 Å². The Kier molecular flexibility index (Phi) is 9.33. The first kappa shape index (κ1) is 29.2. The van der Waals surface area contributed by atoms with E-state index in [1.807, 2.05) is 4.98 Å². The van der Waals surface area contributed by atoms with Crippen molar-refractivity contribution in [3.8, 4) is 0 Å². The van der Waals surface area contributed by atoms with E-state index in [1.54, 1.807) is 0 Å². The number of hydrogen-bond acceptors (Lipinski definition) is 9. The van der Waals surface area contributed by atoms with Crippen LogP contribution < -0.4 is 5.69 Å². The second-order valence-electron chi connectivity index (χ2n) is 5.83. The molecular formula is C10H15F4N2O12P3S. The molecule has 1 aromatic heterocycles. The first-order valence-corrected chi connectivity index (χ1v) is 12.6. The molecule has 0 aliphatic rings. The highest BCUT2D eigenvalue weighted by Gasteiger charge is 2.61. The minimum atomic E-state index is -5.88. The molecule has 0 radical (unpaired) electrons. The van der Waals surface area contributed by atoms with Crippen LogP contribution in [0.2, 0.25) is 0 Å². The molecule has 0 aromatic carbocycles. The SMILES string of the molecule is O=c1[nH]c(=S)ccn1CC(F)([C@@H](O)CCOP(=O)(O)OP(=O)(O)OP(=O)(O)O)C(F)(F)F. The molecule has 1 heterocycles. The number of aromatic amines is 1. The lowest BCUT2D eigenvalue weighted by Crippen LogP contribution is -2.55. The molecule has 0 amide bonds. The summed E-state index contributed by atoms with van der Waals surface area (Å²) in [4.78, 5) is 48.5. The lowest BCUT2D eigenvalue weighted by molar-refractivity contribution is -0.266. The highest BCUT2D eigenvalue weighted by molar-refractivity contribution is 7.71. The third-order valence-corrected chi connectivity index (χ3v) is 7.43. The Bertz CT molecular complexity index is 1070. The molecule has 14 nitrogen and oxygen atoms in total. The number of hydrogen-bond donors (Lipinski definition) is 6. The van der Waals surface area contributed by atoms with Gasteiger partial charge in [-0.05, 0) is 6.07 Å². The van der Waals surface area contributed by atoms with Crippen LogP contribution in [0.3, 0.4) is 0 Å². The van der Waals surface area contributed by atoms with Gasteiger partial charge in [-0.1, -0.05) is 12.2 Å². The number of phosphoric ester groups is 1. The van der Waals surface area contributed by atoms with Crippen molar-refractivity contribution in [3.63, 3.8) is 0 Å². The number of aliphatic hydroxyl groups is 1. The molecule has 22 heteroatoms. The molecule has 0 aliphatic heterocycles. The van der Waals surface area contributed by atoms with E-state index in [-0.39, 0.29) is 9.21 Å². The van der Waals surface area contributed by atoms with Gasteiger partial charge in [-0.25, -0.2) is 22.9 Å². The summed E-state index contributed by atoms with van der Waals surface area (Å²) in [6, 6.07) is 0.968. The number of nitrogens with zero attached hydrogens (tertiary/aromatic N) is 1. The summed E-state index contributed by atoms with van der Waals surface area (Å²) in [6.07, 6.45) is -9.39. The van der Waals surface area contributed by atoms with Gasteiger partial charge >= 0.3 is 35.3 Å². The van der Waals surface area contributed by atoms with Crippen LogP contribution in [-0.2, 0) is 33.4 Å². The van der Waals surface area contributed by atoms with E-state index in [0.29, 0.717) is 0 Å². The van der Waals surface area contributed by atoms with Crippen molar-refractivity contribution < 1.29 is 69.1 Å². The summed E-state index contributed by atoms with van der Waals surface area (Å²) >= 11 is 4.58. The zero-order chi connectivity index (χ0) is 25.2. The molecule has 32 heavy (non-hydrogen) atoms. The van der Waals surface area contributed by atoms with Crippen molar-refractivity contribution >= 4 is 35.7 Å². The van der Waals surface area contributed by atoms with Crippen molar-refractivity contribution in [3.05, 3.63) is 27.4 Å². The second-order valence-corrected chi connectivity index (χ2v) is 10.7. The number of aromatic nitrogens is 2. The van der Waals surface area contributed by atoms with Crippen LogP contribution >= 0.6 is 35.7 Å². The first-order valence-electron chi connectivity index (χ1n) is 7.69. The maximum absolute atomic E-state index is 14.8. The third-order valence-electron chi connectivity index (χ3n) is 3.36. The normalized spacial score (nSPS) is 19.5. The molecule has 0 saturated carbocycles. The van der Waals surface area contributed by atoms with Gasteiger partial charge in [-0.15, -0.1) is 0 Å². The number of nitrogens with one attached hydrogen (secondary N) is 1. The maximum Gasteiger partial charge on any atom is 0.490 e. The van der Waals surface area contributed by atoms with Gasteiger partial charge in [0.15, 0.2) is 0 Å². The minimum Gasteiger partial charge on any atom is -0.389 e. The molecule has 0 aliphatic carbocycles. The summed E-state index contributed by atoms with van der Waals surface area (Å²) < 4.78 is 98.5. The Morgan fingerprint density at radius 1 is 1.09 bits per heavy atom. The Balaban J connectivity index is 2.92. The Hall–Kier alpha value is -0.810. The molecular weight excluding hydrogens is 541 g/mol. The van der Waals surface area contributed by atoms with E-state index in [9.17, 15) is 46.1 Å². The molecule has 3 unspecified atom stereocenters. The molecule has 0 bridgehead atoms. The zero-order valence-electron chi connectivity index (χ0n) is 15.2. The highest BCUT2D eigenvalue weighted by Crippen LogP contribution is 2.66. The first-order chi connectivity index (χ1) is 14.2. The summed E-state index contributed by atoms with van der Waals surface area (Å²) in [5.74, 6) is 0. The summed E-state index contributed by atoms with van der Waals surface area (Å²) in [5, 5.41) is 9.73. The van der Waals surface area contributed by atoms with Crippen LogP contribution in [0.5, 0.6) is 0 Å². The molecule has 1 aromatic rings. The van der Waals surface area contributed by atoms with Crippen molar-refractivity contribution in [2.45, 2.75) is 30.9 Å². The molecule has 186 valence electrons. The molecule has 6 N–H and O–H groups in total. The molecule has 0 fully saturated rings. The fourth-order valence-electron chi connectivity index (χ4n) is 2.01. The third kappa shape index (κ3) is 8.85. The Morgan fingerprint density at radius 3 is 2.12 bits per heavy atom. The fraction of sp³-hybridized carbons (Fsp3) is 0.600. The van der Waals surface area contributed by atoms with Crippen LogP contribution in [0.15, 0.2) is 17.1 Å². The molecule has 4 atom stereocenters. The fourth-order valence-corrected chi connectivity index (χ4v) is 5.19. The quantitative estimate of drug-likeness (QED) is 0.129. The number of phosphoric acid groups is 3. The van der Waals surface area contributed by atoms with Gasteiger partial charge in [0.1, 0.15) is 10.7 Å². The predicted molar refractivity (Wildman–Crippen MR) is 96.2 cm³/mol. The van der Waals surface area contributed by atoms with E-state index in [1.165, 1.54) is 0 Å². The number of H-pyrrole nitrogens is 1. The summed E-state index contributed by atoms with van der Waals surface area (Å²) in [7, 11) is -17.3. The average molecular weight is 556 g/mol. The molecule has 0 saturated heterocycles. The molecule has 1 rings (SSSR count). The number of halogens is 4. The van der Waals surface area contributed by atoms with Gasteiger partial charge < -0.3 is 24.7 Å². The Morgan fingerprint density at radius 2 is 1.66 bits per heavy atom. The van der Waals surface area contributed by atoms with Crippen LogP contribution in [0.4, 0.5) is 17.6 Å². The van der Waals surface area contributed by atoms with Gasteiger partial charge in [-0.2, -0.15) is 21.8 Å². The lowest BCUT2D eigenvalue weighted by Gasteiger charge is -2.32. The predicted octanol–water partition coefficient (Wildman–Crippen LogP) is 1.27. The smallest absolute Gasteiger partial charge is 0.389 e. The van der Waals surface area contributed by atoms with Crippen LogP contribution in [0.25, 0.3) is 0 Å². The van der Waals surface area contributed by atoms with Crippen molar-refractivity contribution in [1.82, 2.24) is 9.55 Å². The van der Waals surface area contributed by atoms with E-state index in [0.717, 1.165) is 12.3 Å². The highest BCUT2D eigenvalue weighted by atomic mass is 32.1. The maximum atomic E-state index is 14.8. The van der Waals surface area contributed by atoms with Crippen LogP contribution in [0.1, 0.15) is 6.42 Å². The zero-order valence-corrected chi connectivity index (χ0v) is 18.7. The van der Waals surface area contributed by atoms with Crippen molar-refractivity contribution in [2.24, 2.45) is 0 Å². The number of alkyl halides is 4.